The lowest BCUT2D eigenvalue weighted by atomic mass is 10.3. The molecule has 0 saturated carbocycles. The first-order chi connectivity index (χ1) is 10.2. The van der Waals surface area contributed by atoms with Crippen LogP contribution in [0.4, 0.5) is 5.69 Å². The maximum Gasteiger partial charge on any atom is 0.257 e. The van der Waals surface area contributed by atoms with Crippen LogP contribution in [-0.4, -0.2) is 21.8 Å². The Morgan fingerprint density at radius 3 is 2.76 bits per heavy atom. The maximum absolute atomic E-state index is 11.8. The highest BCUT2D eigenvalue weighted by molar-refractivity contribution is 7.99. The van der Waals surface area contributed by atoms with E-state index >= 15 is 0 Å². The lowest BCUT2D eigenvalue weighted by Crippen LogP contribution is -2.14. The van der Waals surface area contributed by atoms with Crippen molar-refractivity contribution in [2.24, 2.45) is 0 Å². The number of aromatic hydroxyl groups is 1. The number of hydrogen-bond acceptors (Lipinski definition) is 5. The molecule has 0 radical (unpaired) electrons. The molecule has 1 aromatic heterocycles. The summed E-state index contributed by atoms with van der Waals surface area (Å²) in [6, 6.07) is 14.0. The molecule has 1 heterocycles. The Morgan fingerprint density at radius 1 is 1.19 bits per heavy atom. The molecule has 6 heteroatoms. The van der Waals surface area contributed by atoms with Gasteiger partial charge in [0.25, 0.3) is 5.22 Å². The molecule has 106 valence electrons. The molecule has 0 unspecified atom stereocenters. The second kappa shape index (κ2) is 5.88. The Hall–Kier alpha value is -2.47. The number of hydrogen-bond donors (Lipinski definition) is 2. The number of nitrogens with one attached hydrogen (secondary N) is 1. The summed E-state index contributed by atoms with van der Waals surface area (Å²) in [5.41, 5.74) is 1.85. The van der Waals surface area contributed by atoms with Gasteiger partial charge in [-0.25, -0.2) is 4.98 Å². The SMILES string of the molecule is O=C(CSc1nc2ccccc2o1)Nc1ccccc1O. The van der Waals surface area contributed by atoms with Crippen molar-refractivity contribution in [2.75, 3.05) is 11.1 Å². The van der Waals surface area contributed by atoms with Gasteiger partial charge in [0.15, 0.2) is 5.58 Å². The average Bonchev–Trinajstić information content (AvgIpc) is 2.90. The molecule has 5 nitrogen and oxygen atoms in total. The Balaban J connectivity index is 1.62. The van der Waals surface area contributed by atoms with Crippen molar-refractivity contribution in [3.63, 3.8) is 0 Å². The van der Waals surface area contributed by atoms with Gasteiger partial charge in [0.05, 0.1) is 11.4 Å². The van der Waals surface area contributed by atoms with Crippen molar-refractivity contribution in [2.45, 2.75) is 5.22 Å². The van der Waals surface area contributed by atoms with Gasteiger partial charge in [-0.1, -0.05) is 36.0 Å². The molecular weight excluding hydrogens is 288 g/mol. The monoisotopic (exact) mass is 300 g/mol. The van der Waals surface area contributed by atoms with E-state index in [4.69, 9.17) is 4.42 Å². The molecule has 1 amide bonds. The summed E-state index contributed by atoms with van der Waals surface area (Å²) < 4.78 is 5.51. The topological polar surface area (TPSA) is 75.4 Å². The molecule has 0 aliphatic heterocycles. The summed E-state index contributed by atoms with van der Waals surface area (Å²) in [4.78, 5) is 16.1. The molecule has 3 rings (SSSR count). The summed E-state index contributed by atoms with van der Waals surface area (Å²) in [7, 11) is 0. The number of carbonyl (C=O) groups excluding carboxylic acids is 1. The van der Waals surface area contributed by atoms with Crippen molar-refractivity contribution >= 4 is 34.5 Å². The van der Waals surface area contributed by atoms with Crippen LogP contribution in [0, 0.1) is 0 Å². The molecule has 0 fully saturated rings. The largest absolute Gasteiger partial charge is 0.506 e. The zero-order valence-electron chi connectivity index (χ0n) is 10.9. The molecule has 0 bridgehead atoms. The van der Waals surface area contributed by atoms with Gasteiger partial charge >= 0.3 is 0 Å². The summed E-state index contributed by atoms with van der Waals surface area (Å²) in [5.74, 6) is -0.0392. The van der Waals surface area contributed by atoms with Crippen LogP contribution in [0.2, 0.25) is 0 Å². The molecule has 21 heavy (non-hydrogen) atoms. The number of phenols is 1. The zero-order valence-corrected chi connectivity index (χ0v) is 11.8. The van der Waals surface area contributed by atoms with Crippen molar-refractivity contribution in [3.05, 3.63) is 48.5 Å². The van der Waals surface area contributed by atoms with E-state index in [1.165, 1.54) is 17.8 Å². The quantitative estimate of drug-likeness (QED) is 0.571. The number of aromatic nitrogens is 1. The number of rotatable bonds is 4. The van der Waals surface area contributed by atoms with Crippen molar-refractivity contribution in [3.8, 4) is 5.75 Å². The van der Waals surface area contributed by atoms with Crippen LogP contribution in [-0.2, 0) is 4.79 Å². The number of para-hydroxylation sites is 4. The second-order valence-electron chi connectivity index (χ2n) is 4.30. The number of amides is 1. The minimum atomic E-state index is -0.233. The van der Waals surface area contributed by atoms with Crippen molar-refractivity contribution < 1.29 is 14.3 Å². The number of phenolic OH excluding ortho intramolecular Hbond substituents is 1. The van der Waals surface area contributed by atoms with Gasteiger partial charge in [-0.3, -0.25) is 4.79 Å². The fraction of sp³-hybridized carbons (Fsp3) is 0.0667. The first-order valence-electron chi connectivity index (χ1n) is 6.28. The maximum atomic E-state index is 11.8. The molecule has 0 saturated heterocycles. The van der Waals surface area contributed by atoms with Gasteiger partial charge in [0, 0.05) is 0 Å². The lowest BCUT2D eigenvalue weighted by molar-refractivity contribution is -0.113. The third-order valence-corrected chi connectivity index (χ3v) is 3.61. The fourth-order valence-corrected chi connectivity index (χ4v) is 2.44. The summed E-state index contributed by atoms with van der Waals surface area (Å²) in [5, 5.41) is 12.7. The first kappa shape index (κ1) is 13.5. The summed E-state index contributed by atoms with van der Waals surface area (Å²) in [6.07, 6.45) is 0. The van der Waals surface area contributed by atoms with E-state index in [0.717, 1.165) is 5.52 Å². The van der Waals surface area contributed by atoms with E-state index in [0.29, 0.717) is 16.5 Å². The zero-order chi connectivity index (χ0) is 14.7. The lowest BCUT2D eigenvalue weighted by Gasteiger charge is -2.05. The highest BCUT2D eigenvalue weighted by atomic mass is 32.2. The van der Waals surface area contributed by atoms with Gasteiger partial charge in [0.1, 0.15) is 11.3 Å². The number of benzene rings is 2. The third-order valence-electron chi connectivity index (χ3n) is 2.78. The summed E-state index contributed by atoms with van der Waals surface area (Å²) in [6.45, 7) is 0. The van der Waals surface area contributed by atoms with Crippen LogP contribution in [0.1, 0.15) is 0 Å². The van der Waals surface area contributed by atoms with E-state index in [9.17, 15) is 9.90 Å². The first-order valence-corrected chi connectivity index (χ1v) is 7.27. The predicted molar refractivity (Wildman–Crippen MR) is 81.5 cm³/mol. The molecule has 3 aromatic rings. The van der Waals surface area contributed by atoms with Crippen molar-refractivity contribution in [1.29, 1.82) is 0 Å². The normalized spacial score (nSPS) is 10.7. The van der Waals surface area contributed by atoms with E-state index in [1.54, 1.807) is 18.2 Å². The molecule has 0 spiro atoms. The Kier molecular flexibility index (Phi) is 3.79. The number of fused-ring (bicyclic) bond motifs is 1. The van der Waals surface area contributed by atoms with Gasteiger partial charge in [0.2, 0.25) is 5.91 Å². The number of nitrogens with zero attached hydrogens (tertiary/aromatic N) is 1. The molecule has 0 aliphatic carbocycles. The number of carbonyl (C=O) groups is 1. The van der Waals surface area contributed by atoms with Crippen LogP contribution in [0.15, 0.2) is 58.2 Å². The van der Waals surface area contributed by atoms with E-state index in [-0.39, 0.29) is 17.4 Å². The summed E-state index contributed by atoms with van der Waals surface area (Å²) >= 11 is 1.21. The van der Waals surface area contributed by atoms with Crippen LogP contribution in [0.25, 0.3) is 11.1 Å². The Bertz CT molecular complexity index is 752. The highest BCUT2D eigenvalue weighted by Gasteiger charge is 2.10. The predicted octanol–water partition coefficient (Wildman–Crippen LogP) is 3.26. The van der Waals surface area contributed by atoms with E-state index < -0.39 is 0 Å². The number of anilines is 1. The molecule has 0 atom stereocenters. The van der Waals surface area contributed by atoms with Gasteiger partial charge in [-0.2, -0.15) is 0 Å². The third kappa shape index (κ3) is 3.17. The molecule has 2 aromatic carbocycles. The fourth-order valence-electron chi connectivity index (χ4n) is 1.81. The van der Waals surface area contributed by atoms with Gasteiger partial charge in [-0.05, 0) is 24.3 Å². The molecule has 2 N–H and O–H groups in total. The van der Waals surface area contributed by atoms with Crippen LogP contribution in [0.3, 0.4) is 0 Å². The highest BCUT2D eigenvalue weighted by Crippen LogP contribution is 2.24. The van der Waals surface area contributed by atoms with Gasteiger partial charge < -0.3 is 14.8 Å². The molecular formula is C15H12N2O3S. The van der Waals surface area contributed by atoms with Crippen molar-refractivity contribution in [1.82, 2.24) is 4.98 Å². The van der Waals surface area contributed by atoms with Gasteiger partial charge in [-0.15, -0.1) is 0 Å². The number of thioether (sulfide) groups is 1. The molecule has 0 aliphatic rings. The van der Waals surface area contributed by atoms with Crippen LogP contribution < -0.4 is 5.32 Å². The number of oxazole rings is 1. The standard InChI is InChI=1S/C15H12N2O3S/c18-12-7-3-1-5-10(12)16-14(19)9-21-15-17-11-6-2-4-8-13(11)20-15/h1-8,18H,9H2,(H,16,19). The second-order valence-corrected chi connectivity index (χ2v) is 5.23. The van der Waals surface area contributed by atoms with Crippen LogP contribution in [0.5, 0.6) is 5.75 Å². The van der Waals surface area contributed by atoms with Crippen LogP contribution >= 0.6 is 11.8 Å². The minimum Gasteiger partial charge on any atom is -0.506 e. The average molecular weight is 300 g/mol. The van der Waals surface area contributed by atoms with E-state index in [2.05, 4.69) is 10.3 Å². The minimum absolute atomic E-state index is 0.0395. The Labute approximate surface area is 125 Å². The Morgan fingerprint density at radius 2 is 1.95 bits per heavy atom. The smallest absolute Gasteiger partial charge is 0.257 e. The van der Waals surface area contributed by atoms with E-state index in [1.807, 2.05) is 24.3 Å².